The Labute approximate surface area is 117 Å². The molecule has 0 spiro atoms. The molecule has 0 aromatic heterocycles. The summed E-state index contributed by atoms with van der Waals surface area (Å²) >= 11 is 3.34. The maximum atomic E-state index is 13.2. The van der Waals surface area contributed by atoms with Gasteiger partial charge in [0.2, 0.25) is 0 Å². The molecule has 2 aromatic rings. The van der Waals surface area contributed by atoms with Crippen molar-refractivity contribution in [1.29, 1.82) is 0 Å². The highest BCUT2D eigenvalue weighted by Gasteiger charge is 2.11. The summed E-state index contributed by atoms with van der Waals surface area (Å²) in [5, 5.41) is 8.83. The third-order valence-corrected chi connectivity index (χ3v) is 3.15. The van der Waals surface area contributed by atoms with E-state index in [1.54, 1.807) is 6.07 Å². The molecule has 0 saturated heterocycles. The van der Waals surface area contributed by atoms with Crippen molar-refractivity contribution in [2.24, 2.45) is 0 Å². The van der Waals surface area contributed by atoms with Gasteiger partial charge in [-0.25, -0.2) is 9.18 Å². The van der Waals surface area contributed by atoms with E-state index < -0.39 is 11.8 Å². The molecule has 0 atom stereocenters. The highest BCUT2D eigenvalue weighted by molar-refractivity contribution is 9.10. The van der Waals surface area contributed by atoms with Crippen LogP contribution >= 0.6 is 15.9 Å². The second-order valence-electron chi connectivity index (χ2n) is 3.84. The molecule has 0 aliphatic carbocycles. The van der Waals surface area contributed by atoms with E-state index in [0.717, 1.165) is 10.5 Å². The Balaban J connectivity index is 2.14. The number of rotatable bonds is 4. The Morgan fingerprint density at radius 3 is 2.68 bits per heavy atom. The number of hydrogen-bond donors (Lipinski definition) is 1. The van der Waals surface area contributed by atoms with E-state index in [1.807, 2.05) is 18.2 Å². The highest BCUT2D eigenvalue weighted by Crippen LogP contribution is 2.24. The Morgan fingerprint density at radius 2 is 2.00 bits per heavy atom. The topological polar surface area (TPSA) is 46.5 Å². The molecule has 0 amide bonds. The first-order valence-electron chi connectivity index (χ1n) is 5.47. The Morgan fingerprint density at radius 1 is 1.26 bits per heavy atom. The first-order chi connectivity index (χ1) is 9.08. The van der Waals surface area contributed by atoms with Gasteiger partial charge >= 0.3 is 5.97 Å². The number of ether oxygens (including phenoxy) is 1. The molecule has 0 unspecified atom stereocenters. The van der Waals surface area contributed by atoms with Crippen LogP contribution in [0.25, 0.3) is 0 Å². The van der Waals surface area contributed by atoms with Gasteiger partial charge < -0.3 is 9.84 Å². The molecule has 0 radical (unpaired) electrons. The van der Waals surface area contributed by atoms with Crippen LogP contribution in [0.4, 0.5) is 4.39 Å². The lowest BCUT2D eigenvalue weighted by molar-refractivity contribution is 0.0691. The number of benzene rings is 2. The average Bonchev–Trinajstić information content (AvgIpc) is 2.39. The van der Waals surface area contributed by atoms with Crippen LogP contribution in [0.2, 0.25) is 0 Å². The first-order valence-corrected chi connectivity index (χ1v) is 6.26. The first kappa shape index (κ1) is 13.5. The van der Waals surface area contributed by atoms with Crippen LogP contribution in [0.5, 0.6) is 5.75 Å². The molecule has 0 aliphatic heterocycles. The normalized spacial score (nSPS) is 10.2. The minimum absolute atomic E-state index is 0.170. The quantitative estimate of drug-likeness (QED) is 0.928. The van der Waals surface area contributed by atoms with Crippen molar-refractivity contribution < 1.29 is 19.0 Å². The van der Waals surface area contributed by atoms with Crippen LogP contribution in [0.3, 0.4) is 0 Å². The lowest BCUT2D eigenvalue weighted by atomic mass is 10.1. The number of carboxylic acid groups (broad SMARTS) is 1. The number of carbonyl (C=O) groups is 1. The summed E-state index contributed by atoms with van der Waals surface area (Å²) in [6, 6.07) is 11.2. The fourth-order valence-electron chi connectivity index (χ4n) is 1.55. The number of halogens is 2. The van der Waals surface area contributed by atoms with E-state index in [9.17, 15) is 9.18 Å². The van der Waals surface area contributed by atoms with Crippen molar-refractivity contribution in [2.45, 2.75) is 6.61 Å². The minimum Gasteiger partial charge on any atom is -0.488 e. The summed E-state index contributed by atoms with van der Waals surface area (Å²) in [4.78, 5) is 10.8. The van der Waals surface area contributed by atoms with Gasteiger partial charge in [0.1, 0.15) is 18.2 Å². The van der Waals surface area contributed by atoms with E-state index in [2.05, 4.69) is 15.9 Å². The fourth-order valence-corrected chi connectivity index (χ4v) is 1.95. The second-order valence-corrected chi connectivity index (χ2v) is 4.69. The van der Waals surface area contributed by atoms with Gasteiger partial charge in [0.05, 0.1) is 10.0 Å². The largest absolute Gasteiger partial charge is 0.488 e. The van der Waals surface area contributed by atoms with E-state index in [0.29, 0.717) is 11.3 Å². The second kappa shape index (κ2) is 5.84. The van der Waals surface area contributed by atoms with Crippen LogP contribution in [-0.2, 0) is 6.61 Å². The van der Waals surface area contributed by atoms with Crippen molar-refractivity contribution in [2.75, 3.05) is 0 Å². The fraction of sp³-hybridized carbons (Fsp3) is 0.0714. The molecule has 5 heteroatoms. The smallest absolute Gasteiger partial charge is 0.338 e. The van der Waals surface area contributed by atoms with Crippen LogP contribution in [0.1, 0.15) is 15.9 Å². The van der Waals surface area contributed by atoms with Crippen molar-refractivity contribution in [3.8, 4) is 5.75 Å². The molecule has 98 valence electrons. The van der Waals surface area contributed by atoms with Crippen LogP contribution < -0.4 is 4.74 Å². The van der Waals surface area contributed by atoms with Crippen LogP contribution in [0, 0.1) is 5.82 Å². The van der Waals surface area contributed by atoms with Gasteiger partial charge in [-0.15, -0.1) is 0 Å². The van der Waals surface area contributed by atoms with Gasteiger partial charge in [-0.3, -0.25) is 0 Å². The number of carboxylic acids is 1. The summed E-state index contributed by atoms with van der Waals surface area (Å²) in [6.07, 6.45) is 0. The molecule has 19 heavy (non-hydrogen) atoms. The molecule has 2 rings (SSSR count). The monoisotopic (exact) mass is 324 g/mol. The molecule has 3 nitrogen and oxygen atoms in total. The Hall–Kier alpha value is -1.88. The van der Waals surface area contributed by atoms with Gasteiger partial charge in [-0.2, -0.15) is 0 Å². The molecule has 0 aliphatic rings. The number of para-hydroxylation sites is 1. The highest BCUT2D eigenvalue weighted by atomic mass is 79.9. The van der Waals surface area contributed by atoms with Gasteiger partial charge in [0, 0.05) is 0 Å². The predicted molar refractivity (Wildman–Crippen MR) is 71.8 cm³/mol. The molecular formula is C14H10BrFO3. The van der Waals surface area contributed by atoms with Crippen LogP contribution in [-0.4, -0.2) is 11.1 Å². The predicted octanol–water partition coefficient (Wildman–Crippen LogP) is 3.87. The van der Waals surface area contributed by atoms with E-state index in [-0.39, 0.29) is 12.2 Å². The van der Waals surface area contributed by atoms with Crippen molar-refractivity contribution in [3.63, 3.8) is 0 Å². The zero-order valence-corrected chi connectivity index (χ0v) is 11.4. The Kier molecular flexibility index (Phi) is 4.16. The zero-order valence-electron chi connectivity index (χ0n) is 9.77. The molecule has 0 bridgehead atoms. The zero-order chi connectivity index (χ0) is 13.8. The molecule has 0 heterocycles. The van der Waals surface area contributed by atoms with Gasteiger partial charge in [-0.05, 0) is 45.8 Å². The summed E-state index contributed by atoms with van der Waals surface area (Å²) < 4.78 is 19.6. The molecule has 0 saturated carbocycles. The lowest BCUT2D eigenvalue weighted by Crippen LogP contribution is -2.03. The van der Waals surface area contributed by atoms with Crippen molar-refractivity contribution in [3.05, 3.63) is 63.9 Å². The summed E-state index contributed by atoms with van der Waals surface area (Å²) in [7, 11) is 0. The number of aromatic carboxylic acids is 1. The summed E-state index contributed by atoms with van der Waals surface area (Å²) in [5.74, 6) is -1.40. The summed E-state index contributed by atoms with van der Waals surface area (Å²) in [5.41, 5.74) is 0.239. The molecule has 1 N–H and O–H groups in total. The molecule has 0 fully saturated rings. The Bertz CT molecular complexity index is 613. The maximum absolute atomic E-state index is 13.2. The molecule has 2 aromatic carbocycles. The SMILES string of the molecule is O=C(O)c1cc(COc2ccccc2Br)ccc1F. The van der Waals surface area contributed by atoms with Gasteiger partial charge in [-0.1, -0.05) is 18.2 Å². The third-order valence-electron chi connectivity index (χ3n) is 2.49. The number of hydrogen-bond acceptors (Lipinski definition) is 2. The maximum Gasteiger partial charge on any atom is 0.338 e. The van der Waals surface area contributed by atoms with E-state index in [4.69, 9.17) is 9.84 Å². The van der Waals surface area contributed by atoms with Crippen LogP contribution in [0.15, 0.2) is 46.9 Å². The lowest BCUT2D eigenvalue weighted by Gasteiger charge is -2.08. The van der Waals surface area contributed by atoms with Crippen molar-refractivity contribution in [1.82, 2.24) is 0 Å². The standard InChI is InChI=1S/C14H10BrFO3/c15-11-3-1-2-4-13(11)19-8-9-5-6-12(16)10(7-9)14(17)18/h1-7H,8H2,(H,17,18). The van der Waals surface area contributed by atoms with Gasteiger partial charge in [0.15, 0.2) is 0 Å². The van der Waals surface area contributed by atoms with Crippen molar-refractivity contribution >= 4 is 21.9 Å². The van der Waals surface area contributed by atoms with Gasteiger partial charge in [0.25, 0.3) is 0 Å². The summed E-state index contributed by atoms with van der Waals surface area (Å²) in [6.45, 7) is 0.170. The van der Waals surface area contributed by atoms with E-state index >= 15 is 0 Å². The van der Waals surface area contributed by atoms with E-state index in [1.165, 1.54) is 12.1 Å². The average molecular weight is 325 g/mol. The molecular weight excluding hydrogens is 315 g/mol. The minimum atomic E-state index is -1.29. The third kappa shape index (κ3) is 3.32.